The summed E-state index contributed by atoms with van der Waals surface area (Å²) in [7, 11) is 1.37. The van der Waals surface area contributed by atoms with Gasteiger partial charge in [0.05, 0.1) is 42.4 Å². The number of hydrogen-bond acceptors (Lipinski definition) is 6. The van der Waals surface area contributed by atoms with Crippen molar-refractivity contribution in [3.05, 3.63) is 76.2 Å². The molecular formula is C33H32F7N3O5. The lowest BCUT2D eigenvalue weighted by atomic mass is 9.65. The number of nitrogens with zero attached hydrogens (tertiary/aromatic N) is 3. The summed E-state index contributed by atoms with van der Waals surface area (Å²) in [5.74, 6) is -1.59. The van der Waals surface area contributed by atoms with E-state index in [4.69, 9.17) is 14.5 Å². The number of carbonyl (C=O) groups excluding carboxylic acids is 1. The minimum atomic E-state index is -5.08. The maximum Gasteiger partial charge on any atom is 0.416 e. The van der Waals surface area contributed by atoms with Crippen molar-refractivity contribution in [2.75, 3.05) is 25.1 Å². The Morgan fingerprint density at radius 1 is 1.04 bits per heavy atom. The van der Waals surface area contributed by atoms with E-state index in [0.29, 0.717) is 47.6 Å². The number of carboxylic acid groups (broad SMARTS) is 1. The van der Waals surface area contributed by atoms with Crippen molar-refractivity contribution in [1.29, 1.82) is 0 Å². The number of anilines is 1. The molecule has 0 bridgehead atoms. The molecule has 2 aliphatic carbocycles. The number of methoxy groups -OCH3 is 1. The Kier molecular flexibility index (Phi) is 8.61. The van der Waals surface area contributed by atoms with Crippen LogP contribution in [0.3, 0.4) is 0 Å². The van der Waals surface area contributed by atoms with E-state index in [9.17, 15) is 41.0 Å². The van der Waals surface area contributed by atoms with Crippen LogP contribution in [0.15, 0.2) is 48.2 Å². The van der Waals surface area contributed by atoms with E-state index >= 15 is 4.39 Å². The molecule has 0 spiro atoms. The zero-order valence-corrected chi connectivity index (χ0v) is 25.8. The van der Waals surface area contributed by atoms with Crippen molar-refractivity contribution in [1.82, 2.24) is 9.88 Å². The number of aliphatic carboxylic acids is 1. The number of rotatable bonds is 8. The number of pyridine rings is 1. The van der Waals surface area contributed by atoms with E-state index in [1.165, 1.54) is 25.0 Å². The van der Waals surface area contributed by atoms with E-state index in [2.05, 4.69) is 0 Å². The van der Waals surface area contributed by atoms with Crippen LogP contribution in [-0.2, 0) is 33.2 Å². The smallest absolute Gasteiger partial charge is 0.416 e. The summed E-state index contributed by atoms with van der Waals surface area (Å²) in [5, 5.41) is 9.33. The second-order valence-electron chi connectivity index (χ2n) is 12.6. The molecule has 4 atom stereocenters. The highest BCUT2D eigenvalue weighted by atomic mass is 19.4. The fourth-order valence-corrected chi connectivity index (χ4v) is 6.73. The van der Waals surface area contributed by atoms with E-state index < -0.39 is 71.3 Å². The average molecular weight is 684 g/mol. The Hall–Kier alpha value is -4.30. The van der Waals surface area contributed by atoms with E-state index in [-0.39, 0.29) is 24.3 Å². The summed E-state index contributed by atoms with van der Waals surface area (Å²) in [6, 6.07) is 3.62. The van der Waals surface area contributed by atoms with Gasteiger partial charge in [-0.2, -0.15) is 26.3 Å². The average Bonchev–Trinajstić information content (AvgIpc) is 3.23. The van der Waals surface area contributed by atoms with Crippen LogP contribution < -0.4 is 4.90 Å². The van der Waals surface area contributed by atoms with Crippen LogP contribution in [0.4, 0.5) is 41.3 Å². The fourth-order valence-electron chi connectivity index (χ4n) is 6.73. The van der Waals surface area contributed by atoms with Gasteiger partial charge in [0.25, 0.3) is 0 Å². The number of allylic oxidation sites excluding steroid dienone is 3. The van der Waals surface area contributed by atoms with Gasteiger partial charge in [0.2, 0.25) is 0 Å². The molecule has 1 aromatic carbocycles. The molecule has 48 heavy (non-hydrogen) atoms. The van der Waals surface area contributed by atoms with Gasteiger partial charge in [0.1, 0.15) is 23.9 Å². The van der Waals surface area contributed by atoms with Crippen LogP contribution in [0.5, 0.6) is 0 Å². The van der Waals surface area contributed by atoms with Gasteiger partial charge in [-0.3, -0.25) is 9.69 Å². The van der Waals surface area contributed by atoms with Crippen molar-refractivity contribution in [2.45, 2.75) is 63.4 Å². The van der Waals surface area contributed by atoms with Crippen molar-refractivity contribution in [3.8, 4) is 0 Å². The van der Waals surface area contributed by atoms with Crippen molar-refractivity contribution >= 4 is 23.5 Å². The highest BCUT2D eigenvalue weighted by molar-refractivity contribution is 5.81. The molecule has 15 heteroatoms. The molecule has 3 heterocycles. The number of benzene rings is 1. The molecule has 2 saturated heterocycles. The lowest BCUT2D eigenvalue weighted by molar-refractivity contribution is -0.147. The Labute approximate surface area is 270 Å². The van der Waals surface area contributed by atoms with Crippen molar-refractivity contribution in [2.24, 2.45) is 17.8 Å². The summed E-state index contributed by atoms with van der Waals surface area (Å²) < 4.78 is 108. The van der Waals surface area contributed by atoms with Gasteiger partial charge in [0, 0.05) is 30.1 Å². The first kappa shape index (κ1) is 33.6. The predicted molar refractivity (Wildman–Crippen MR) is 157 cm³/mol. The van der Waals surface area contributed by atoms with Gasteiger partial charge in [-0.15, -0.1) is 0 Å². The lowest BCUT2D eigenvalue weighted by Gasteiger charge is -2.39. The number of amides is 1. The number of halogens is 7. The third-order valence-electron chi connectivity index (χ3n) is 9.67. The normalized spacial score (nSPS) is 27.5. The number of carbonyl (C=O) groups is 2. The van der Waals surface area contributed by atoms with E-state index in [1.807, 2.05) is 4.90 Å². The number of hydrogen-bond donors (Lipinski definition) is 1. The quantitative estimate of drug-likeness (QED) is 0.290. The summed E-state index contributed by atoms with van der Waals surface area (Å²) in [4.78, 5) is 32.6. The summed E-state index contributed by atoms with van der Waals surface area (Å²) in [6.07, 6.45) is -9.46. The fraction of sp³-hybridized carbons (Fsp3) is 0.485. The molecule has 6 rings (SSSR count). The van der Waals surface area contributed by atoms with Crippen LogP contribution in [0, 0.1) is 17.8 Å². The molecule has 2 aliphatic heterocycles. The number of aromatic nitrogens is 1. The Morgan fingerprint density at radius 3 is 2.23 bits per heavy atom. The third-order valence-corrected chi connectivity index (χ3v) is 9.67. The first-order valence-electron chi connectivity index (χ1n) is 15.4. The van der Waals surface area contributed by atoms with Crippen LogP contribution >= 0.6 is 0 Å². The first-order chi connectivity index (χ1) is 22.5. The molecule has 258 valence electrons. The van der Waals surface area contributed by atoms with Crippen LogP contribution in [0.2, 0.25) is 0 Å². The highest BCUT2D eigenvalue weighted by Crippen LogP contribution is 2.47. The van der Waals surface area contributed by atoms with Gasteiger partial charge in [-0.05, 0) is 74.1 Å². The van der Waals surface area contributed by atoms with Crippen LogP contribution in [0.25, 0.3) is 5.57 Å². The minimum absolute atomic E-state index is 0.0135. The molecule has 8 nitrogen and oxygen atoms in total. The number of ether oxygens (including phenoxy) is 2. The van der Waals surface area contributed by atoms with Gasteiger partial charge in [-0.1, -0.05) is 6.08 Å². The molecule has 0 radical (unpaired) electrons. The summed E-state index contributed by atoms with van der Waals surface area (Å²) in [6.45, 7) is 2.69. The molecule has 2 unspecified atom stereocenters. The predicted octanol–water partition coefficient (Wildman–Crippen LogP) is 7.40. The monoisotopic (exact) mass is 683 g/mol. The van der Waals surface area contributed by atoms with Crippen molar-refractivity contribution in [3.63, 3.8) is 0 Å². The topological polar surface area (TPSA) is 92.2 Å². The number of carboxylic acids is 1. The highest BCUT2D eigenvalue weighted by Gasteiger charge is 2.45. The molecular weight excluding hydrogens is 651 g/mol. The zero-order valence-electron chi connectivity index (χ0n) is 25.8. The molecule has 1 aromatic heterocycles. The Balaban J connectivity index is 1.35. The van der Waals surface area contributed by atoms with Crippen LogP contribution in [0.1, 0.15) is 60.2 Å². The maximum absolute atomic E-state index is 15.4. The molecule has 4 aliphatic rings. The molecule has 2 aromatic rings. The Morgan fingerprint density at radius 2 is 1.69 bits per heavy atom. The Bertz CT molecular complexity index is 1630. The summed E-state index contributed by atoms with van der Waals surface area (Å²) in [5.41, 5.74) is -2.24. The second kappa shape index (κ2) is 12.3. The largest absolute Gasteiger partial charge is 0.496 e. The zero-order chi connectivity index (χ0) is 34.7. The minimum Gasteiger partial charge on any atom is -0.496 e. The maximum atomic E-state index is 15.4. The first-order valence-corrected chi connectivity index (χ1v) is 15.4. The lowest BCUT2D eigenvalue weighted by Crippen LogP contribution is -2.39. The SMILES string of the molecule is COC1=CC(F)C([C@H]2C[C@H](C(=O)O)C2)C=C1c1ccc(N2CCC2)nc1CN1C(=O)O[C@H](c2cc(C(F)(F)F)cc(C(F)(F)F)c2)[C@@H]1C. The molecule has 3 fully saturated rings. The van der Waals surface area contributed by atoms with Gasteiger partial charge in [-0.25, -0.2) is 14.2 Å². The van der Waals surface area contributed by atoms with Crippen molar-refractivity contribution < 1.29 is 54.9 Å². The number of alkyl halides is 7. The molecule has 1 amide bonds. The molecule has 1 N–H and O–H groups in total. The standard InChI is InChI=1S/C33H32F7N3O5/c1-16-29(18-10-20(32(35,36)37)12-21(11-18)33(38,39)40)48-31(46)43(16)15-26-22(4-5-28(41-26)42-6-3-7-42)24-13-23(25(34)14-27(24)47-2)17-8-19(9-17)30(44)45/h4-5,10-14,16-17,19,23,25,29H,3,6-9,15H2,1-2H3,(H,44,45)/t16-,17-,19-,23?,25?,29-/m0/s1. The van der Waals surface area contributed by atoms with E-state index in [0.717, 1.165) is 19.5 Å². The summed E-state index contributed by atoms with van der Waals surface area (Å²) >= 11 is 0. The van der Waals surface area contributed by atoms with E-state index in [1.54, 1.807) is 18.2 Å². The molecule has 1 saturated carbocycles. The van der Waals surface area contributed by atoms with Gasteiger partial charge in [0.15, 0.2) is 0 Å². The van der Waals surface area contributed by atoms with Gasteiger partial charge < -0.3 is 19.5 Å². The third kappa shape index (κ3) is 6.30. The number of cyclic esters (lactones) is 1. The second-order valence-corrected chi connectivity index (χ2v) is 12.6. The van der Waals surface area contributed by atoms with Gasteiger partial charge >= 0.3 is 24.4 Å². The van der Waals surface area contributed by atoms with Crippen LogP contribution in [-0.4, -0.2) is 59.5 Å².